The smallest absolute Gasteiger partial charge is 0.140 e. The van der Waals surface area contributed by atoms with E-state index < -0.39 is 0 Å². The number of carbonyl (C=O) groups excluding carboxylic acids is 1. The van der Waals surface area contributed by atoms with E-state index in [1.807, 2.05) is 0 Å². The number of rotatable bonds is 0. The van der Waals surface area contributed by atoms with Gasteiger partial charge in [0, 0.05) is 17.8 Å². The number of fused-ring (bicyclic) bond motifs is 4. The van der Waals surface area contributed by atoms with Gasteiger partial charge in [0.2, 0.25) is 0 Å². The van der Waals surface area contributed by atoms with Gasteiger partial charge in [-0.1, -0.05) is 23.8 Å². The van der Waals surface area contributed by atoms with Crippen molar-refractivity contribution in [1.29, 1.82) is 0 Å². The molecule has 1 heteroatoms. The third-order valence-corrected chi connectivity index (χ3v) is 5.74. The molecule has 4 aliphatic carbocycles. The van der Waals surface area contributed by atoms with Crippen molar-refractivity contribution in [2.75, 3.05) is 0 Å². The van der Waals surface area contributed by atoms with Gasteiger partial charge in [-0.15, -0.1) is 0 Å². The monoisotopic (exact) mass is 228 g/mol. The number of hydrogen-bond acceptors (Lipinski definition) is 1. The van der Waals surface area contributed by atoms with Gasteiger partial charge < -0.3 is 0 Å². The van der Waals surface area contributed by atoms with Crippen molar-refractivity contribution in [2.45, 2.75) is 32.6 Å². The van der Waals surface area contributed by atoms with Crippen molar-refractivity contribution < 1.29 is 4.79 Å². The normalized spacial score (nSPS) is 51.1. The number of ketones is 1. The van der Waals surface area contributed by atoms with Crippen LogP contribution in [0, 0.1) is 35.5 Å². The van der Waals surface area contributed by atoms with E-state index in [-0.39, 0.29) is 5.92 Å². The third kappa shape index (κ3) is 1.34. The zero-order valence-corrected chi connectivity index (χ0v) is 10.4. The molecule has 2 saturated carbocycles. The van der Waals surface area contributed by atoms with Crippen molar-refractivity contribution in [3.05, 3.63) is 23.8 Å². The fraction of sp³-hybridized carbons (Fsp3) is 0.688. The summed E-state index contributed by atoms with van der Waals surface area (Å²) in [5, 5.41) is 0. The molecule has 0 aromatic carbocycles. The molecular weight excluding hydrogens is 208 g/mol. The first-order valence-electron chi connectivity index (χ1n) is 7.12. The Morgan fingerprint density at radius 3 is 2.88 bits per heavy atom. The van der Waals surface area contributed by atoms with E-state index in [4.69, 9.17) is 0 Å². The highest BCUT2D eigenvalue weighted by molar-refractivity contribution is 5.86. The Hall–Kier alpha value is -0.850. The van der Waals surface area contributed by atoms with Crippen LogP contribution in [-0.4, -0.2) is 5.78 Å². The van der Waals surface area contributed by atoms with Gasteiger partial charge in [0.25, 0.3) is 0 Å². The molecule has 0 aromatic rings. The topological polar surface area (TPSA) is 17.1 Å². The minimum absolute atomic E-state index is 0.288. The minimum Gasteiger partial charge on any atom is -0.299 e. The molecular formula is C16H20O. The van der Waals surface area contributed by atoms with Crippen molar-refractivity contribution in [3.63, 3.8) is 0 Å². The van der Waals surface area contributed by atoms with Crippen molar-refractivity contribution >= 4 is 5.78 Å². The van der Waals surface area contributed by atoms with Crippen LogP contribution in [0.2, 0.25) is 0 Å². The highest BCUT2D eigenvalue weighted by Crippen LogP contribution is 2.61. The molecule has 2 fully saturated rings. The Kier molecular flexibility index (Phi) is 1.98. The van der Waals surface area contributed by atoms with E-state index in [9.17, 15) is 4.79 Å². The Morgan fingerprint density at radius 2 is 2.00 bits per heavy atom. The van der Waals surface area contributed by atoms with Gasteiger partial charge in [-0.05, 0) is 50.4 Å². The summed E-state index contributed by atoms with van der Waals surface area (Å²) in [4.78, 5) is 12.7. The molecule has 0 saturated heterocycles. The van der Waals surface area contributed by atoms with Crippen LogP contribution in [0.3, 0.4) is 0 Å². The van der Waals surface area contributed by atoms with E-state index >= 15 is 0 Å². The summed E-state index contributed by atoms with van der Waals surface area (Å²) in [5.74, 6) is 4.24. The maximum Gasteiger partial charge on any atom is 0.140 e. The number of allylic oxidation sites excluding steroid dienone is 4. The number of Topliss-reactive ketones (excluding diaryl/α,β-unsaturated/α-hetero) is 1. The predicted octanol–water partition coefficient (Wildman–Crippen LogP) is 3.37. The third-order valence-electron chi connectivity index (χ3n) is 5.74. The fourth-order valence-corrected chi connectivity index (χ4v) is 4.68. The van der Waals surface area contributed by atoms with Crippen LogP contribution in [0.25, 0.3) is 0 Å². The molecule has 6 atom stereocenters. The lowest BCUT2D eigenvalue weighted by atomic mass is 9.73. The quantitative estimate of drug-likeness (QED) is 0.581. The molecule has 0 unspecified atom stereocenters. The lowest BCUT2D eigenvalue weighted by Gasteiger charge is -2.30. The summed E-state index contributed by atoms with van der Waals surface area (Å²) in [5.41, 5.74) is 1.44. The van der Waals surface area contributed by atoms with Crippen molar-refractivity contribution in [3.8, 4) is 0 Å². The van der Waals surface area contributed by atoms with Crippen LogP contribution in [0.4, 0.5) is 0 Å². The minimum atomic E-state index is 0.288. The molecule has 0 radical (unpaired) electrons. The molecule has 0 heterocycles. The maximum atomic E-state index is 12.7. The highest BCUT2D eigenvalue weighted by atomic mass is 16.1. The summed E-state index contributed by atoms with van der Waals surface area (Å²) in [7, 11) is 0. The van der Waals surface area contributed by atoms with Crippen LogP contribution in [0.5, 0.6) is 0 Å². The summed E-state index contributed by atoms with van der Waals surface area (Å²) in [6, 6.07) is 0. The molecule has 0 aromatic heterocycles. The molecule has 0 bridgehead atoms. The largest absolute Gasteiger partial charge is 0.299 e. The Labute approximate surface area is 103 Å². The summed E-state index contributed by atoms with van der Waals surface area (Å²) in [6.07, 6.45) is 11.7. The Balaban J connectivity index is 1.71. The average molecular weight is 228 g/mol. The molecule has 4 rings (SSSR count). The van der Waals surface area contributed by atoms with E-state index in [0.717, 1.165) is 18.3 Å². The fourth-order valence-electron chi connectivity index (χ4n) is 4.68. The summed E-state index contributed by atoms with van der Waals surface area (Å²) < 4.78 is 0. The Morgan fingerprint density at radius 1 is 1.12 bits per heavy atom. The molecule has 0 spiro atoms. The second kappa shape index (κ2) is 3.34. The molecule has 0 aliphatic heterocycles. The zero-order valence-electron chi connectivity index (χ0n) is 10.4. The SMILES string of the molecule is CC1=CC[C@H]2[C@H]3C[C@H]3C[C@@H]2C(=O)[C@@H]2CC=C[C@H]12. The first kappa shape index (κ1) is 10.1. The van der Waals surface area contributed by atoms with E-state index in [0.29, 0.717) is 23.5 Å². The summed E-state index contributed by atoms with van der Waals surface area (Å²) >= 11 is 0. The predicted molar refractivity (Wildman–Crippen MR) is 67.3 cm³/mol. The standard InChI is InChI=1S/C16H20O/c1-9-5-6-12-14-7-10(14)8-15(12)16(17)13-4-2-3-11(9)13/h2-3,5,10-15H,4,6-8H2,1H3/t10-,11+,12-,13+,14-,15-/m0/s1. The van der Waals surface area contributed by atoms with E-state index in [1.165, 1.54) is 24.8 Å². The van der Waals surface area contributed by atoms with Gasteiger partial charge in [0.15, 0.2) is 0 Å². The number of hydrogen-bond donors (Lipinski definition) is 0. The Bertz CT molecular complexity index is 431. The maximum absolute atomic E-state index is 12.7. The zero-order chi connectivity index (χ0) is 11.6. The van der Waals surface area contributed by atoms with Crippen LogP contribution in [-0.2, 0) is 4.79 Å². The molecule has 4 aliphatic rings. The second-order valence-electron chi connectivity index (χ2n) is 6.55. The van der Waals surface area contributed by atoms with Crippen LogP contribution < -0.4 is 0 Å². The van der Waals surface area contributed by atoms with Crippen LogP contribution >= 0.6 is 0 Å². The van der Waals surface area contributed by atoms with E-state index in [2.05, 4.69) is 25.2 Å². The van der Waals surface area contributed by atoms with Gasteiger partial charge in [0.05, 0.1) is 0 Å². The summed E-state index contributed by atoms with van der Waals surface area (Å²) in [6.45, 7) is 2.22. The van der Waals surface area contributed by atoms with Gasteiger partial charge in [-0.3, -0.25) is 4.79 Å². The molecule has 1 nitrogen and oxygen atoms in total. The molecule has 0 N–H and O–H groups in total. The average Bonchev–Trinajstić information content (AvgIpc) is 2.79. The second-order valence-corrected chi connectivity index (χ2v) is 6.55. The van der Waals surface area contributed by atoms with Crippen molar-refractivity contribution in [1.82, 2.24) is 0 Å². The van der Waals surface area contributed by atoms with Crippen LogP contribution in [0.1, 0.15) is 32.6 Å². The van der Waals surface area contributed by atoms with Gasteiger partial charge in [-0.25, -0.2) is 0 Å². The van der Waals surface area contributed by atoms with Gasteiger partial charge in [0.1, 0.15) is 5.78 Å². The molecule has 0 amide bonds. The first-order valence-corrected chi connectivity index (χ1v) is 7.12. The lowest BCUT2D eigenvalue weighted by molar-refractivity contribution is -0.129. The molecule has 17 heavy (non-hydrogen) atoms. The lowest BCUT2D eigenvalue weighted by Crippen LogP contribution is -2.32. The molecule has 90 valence electrons. The first-order chi connectivity index (χ1) is 8.25. The highest BCUT2D eigenvalue weighted by Gasteiger charge is 2.56. The van der Waals surface area contributed by atoms with E-state index in [1.54, 1.807) is 0 Å². The van der Waals surface area contributed by atoms with Crippen LogP contribution in [0.15, 0.2) is 23.8 Å². The van der Waals surface area contributed by atoms with Crippen molar-refractivity contribution in [2.24, 2.45) is 35.5 Å². The van der Waals surface area contributed by atoms with Gasteiger partial charge in [-0.2, -0.15) is 0 Å². The van der Waals surface area contributed by atoms with Gasteiger partial charge >= 0.3 is 0 Å². The number of carbonyl (C=O) groups is 1.